The van der Waals surface area contributed by atoms with Gasteiger partial charge in [-0.1, -0.05) is 23.2 Å². The van der Waals surface area contributed by atoms with Gasteiger partial charge < -0.3 is 14.8 Å². The first-order valence-electron chi connectivity index (χ1n) is 8.99. The molecule has 8 nitrogen and oxygen atoms in total. The Balaban J connectivity index is 2.13. The molecule has 1 fully saturated rings. The minimum Gasteiger partial charge on any atom is -0.496 e. The highest BCUT2D eigenvalue weighted by molar-refractivity contribution is 7.89. The number of amides is 2. The van der Waals surface area contributed by atoms with Crippen LogP contribution in [-0.2, 0) is 19.6 Å². The molecule has 0 saturated carbocycles. The van der Waals surface area contributed by atoms with Gasteiger partial charge in [0.2, 0.25) is 5.91 Å². The van der Waals surface area contributed by atoms with Crippen molar-refractivity contribution in [2.45, 2.75) is 4.90 Å². The van der Waals surface area contributed by atoms with Crippen LogP contribution in [0.4, 0.5) is 4.39 Å². The van der Waals surface area contributed by atoms with Gasteiger partial charge in [-0.15, -0.1) is 0 Å². The molecule has 2 amide bonds. The summed E-state index contributed by atoms with van der Waals surface area (Å²) in [5.41, 5.74) is 0.353. The third-order valence-electron chi connectivity index (χ3n) is 4.56. The van der Waals surface area contributed by atoms with Crippen molar-refractivity contribution in [1.29, 1.82) is 0 Å². The Bertz CT molecular complexity index is 1230. The Hall–Kier alpha value is -2.82. The Morgan fingerprint density at radius 1 is 1.09 bits per heavy atom. The lowest BCUT2D eigenvalue weighted by atomic mass is 10.1. The summed E-state index contributed by atoms with van der Waals surface area (Å²) in [6, 6.07) is 6.29. The zero-order valence-corrected chi connectivity index (χ0v) is 19.1. The van der Waals surface area contributed by atoms with Crippen LogP contribution in [-0.4, -0.2) is 51.8 Å². The standard InChI is InChI=1S/C20H17Cl2FN2O6S/c1-30-16-4-3-13(21)6-11(16)5-12-9-24-19(26)10-25(20(12)27)32(28,29)18-7-14(22)15(23)8-17(18)31-2/h3-8H,9-10H2,1-2H3,(H,24,26). The van der Waals surface area contributed by atoms with Crippen LogP contribution in [0.5, 0.6) is 11.5 Å². The number of methoxy groups -OCH3 is 2. The average molecular weight is 503 g/mol. The third-order valence-corrected chi connectivity index (χ3v) is 6.84. The fourth-order valence-electron chi connectivity index (χ4n) is 2.99. The molecule has 170 valence electrons. The highest BCUT2D eigenvalue weighted by Crippen LogP contribution is 2.33. The summed E-state index contributed by atoms with van der Waals surface area (Å²) in [5, 5.41) is 2.34. The maximum Gasteiger partial charge on any atom is 0.270 e. The molecule has 3 rings (SSSR count). The summed E-state index contributed by atoms with van der Waals surface area (Å²) in [4.78, 5) is 24.9. The largest absolute Gasteiger partial charge is 0.496 e. The van der Waals surface area contributed by atoms with Crippen LogP contribution < -0.4 is 14.8 Å². The van der Waals surface area contributed by atoms with Crippen molar-refractivity contribution < 1.29 is 31.9 Å². The van der Waals surface area contributed by atoms with Gasteiger partial charge in [0.05, 0.1) is 19.2 Å². The Kier molecular flexibility index (Phi) is 6.97. The van der Waals surface area contributed by atoms with E-state index in [0.29, 0.717) is 20.6 Å². The second-order valence-electron chi connectivity index (χ2n) is 6.57. The number of ether oxygens (including phenoxy) is 2. The van der Waals surface area contributed by atoms with Gasteiger partial charge in [-0.3, -0.25) is 9.59 Å². The number of nitrogens with one attached hydrogen (secondary N) is 1. The van der Waals surface area contributed by atoms with E-state index < -0.39 is 44.1 Å². The molecule has 0 aliphatic carbocycles. The SMILES string of the molecule is COc1ccc(Cl)cc1C=C1CNC(=O)CN(S(=O)(=O)c2cc(Cl)c(F)cc2OC)C1=O. The van der Waals surface area contributed by atoms with Crippen LogP contribution in [0.1, 0.15) is 5.56 Å². The third kappa shape index (κ3) is 4.67. The molecule has 0 unspecified atom stereocenters. The normalized spacial score (nSPS) is 16.0. The highest BCUT2D eigenvalue weighted by Gasteiger charge is 2.37. The number of hydrogen-bond acceptors (Lipinski definition) is 6. The van der Waals surface area contributed by atoms with E-state index in [-0.39, 0.29) is 17.9 Å². The van der Waals surface area contributed by atoms with E-state index in [1.807, 2.05) is 0 Å². The number of rotatable bonds is 5. The van der Waals surface area contributed by atoms with E-state index >= 15 is 0 Å². The van der Waals surface area contributed by atoms with Crippen LogP contribution in [0.25, 0.3) is 6.08 Å². The molecule has 1 aliphatic heterocycles. The first kappa shape index (κ1) is 23.8. The van der Waals surface area contributed by atoms with Gasteiger partial charge in [-0.2, -0.15) is 0 Å². The minimum absolute atomic E-state index is 0.0489. The van der Waals surface area contributed by atoms with E-state index in [0.717, 1.165) is 19.2 Å². The smallest absolute Gasteiger partial charge is 0.270 e. The summed E-state index contributed by atoms with van der Waals surface area (Å²) >= 11 is 11.8. The number of carbonyl (C=O) groups excluding carboxylic acids is 2. The number of hydrogen-bond donors (Lipinski definition) is 1. The topological polar surface area (TPSA) is 102 Å². The Labute approximate surface area is 193 Å². The van der Waals surface area contributed by atoms with Gasteiger partial charge >= 0.3 is 0 Å². The van der Waals surface area contributed by atoms with Crippen molar-refractivity contribution in [3.8, 4) is 11.5 Å². The van der Waals surface area contributed by atoms with Crippen molar-refractivity contribution in [1.82, 2.24) is 9.62 Å². The van der Waals surface area contributed by atoms with E-state index in [2.05, 4.69) is 5.32 Å². The lowest BCUT2D eigenvalue weighted by molar-refractivity contribution is -0.127. The van der Waals surface area contributed by atoms with Gasteiger partial charge in [0, 0.05) is 28.8 Å². The van der Waals surface area contributed by atoms with Crippen molar-refractivity contribution in [2.75, 3.05) is 27.3 Å². The molecule has 0 bridgehead atoms. The monoisotopic (exact) mass is 502 g/mol. The summed E-state index contributed by atoms with van der Waals surface area (Å²) in [6.45, 7) is -1.02. The van der Waals surface area contributed by atoms with Gasteiger partial charge in [-0.05, 0) is 30.3 Å². The minimum atomic E-state index is -4.65. The van der Waals surface area contributed by atoms with Crippen molar-refractivity contribution in [2.24, 2.45) is 0 Å². The molecule has 0 atom stereocenters. The number of benzene rings is 2. The Morgan fingerprint density at radius 2 is 1.78 bits per heavy atom. The second-order valence-corrected chi connectivity index (χ2v) is 9.24. The molecule has 1 N–H and O–H groups in total. The average Bonchev–Trinajstić information content (AvgIpc) is 2.89. The predicted octanol–water partition coefficient (Wildman–Crippen LogP) is 2.88. The lowest BCUT2D eigenvalue weighted by Gasteiger charge is -2.21. The zero-order chi connectivity index (χ0) is 23.6. The van der Waals surface area contributed by atoms with E-state index in [1.54, 1.807) is 12.1 Å². The molecule has 1 aliphatic rings. The molecule has 12 heteroatoms. The lowest BCUT2D eigenvalue weighted by Crippen LogP contribution is -2.40. The molecule has 1 heterocycles. The van der Waals surface area contributed by atoms with Crippen molar-refractivity contribution in [3.63, 3.8) is 0 Å². The molecule has 2 aromatic carbocycles. The number of nitrogens with zero attached hydrogens (tertiary/aromatic N) is 1. The molecule has 1 saturated heterocycles. The molecule has 2 aromatic rings. The molecule has 0 radical (unpaired) electrons. The highest BCUT2D eigenvalue weighted by atomic mass is 35.5. The predicted molar refractivity (Wildman–Crippen MR) is 116 cm³/mol. The molecular weight excluding hydrogens is 486 g/mol. The first-order chi connectivity index (χ1) is 15.1. The van der Waals surface area contributed by atoms with E-state index in [4.69, 9.17) is 32.7 Å². The van der Waals surface area contributed by atoms with E-state index in [1.165, 1.54) is 19.3 Å². The van der Waals surface area contributed by atoms with Crippen LogP contribution in [0, 0.1) is 5.82 Å². The summed E-state index contributed by atoms with van der Waals surface area (Å²) in [5.74, 6) is -2.57. The molecular formula is C20H17Cl2FN2O6S. The first-order valence-corrected chi connectivity index (χ1v) is 11.2. The molecule has 32 heavy (non-hydrogen) atoms. The van der Waals surface area contributed by atoms with Crippen LogP contribution in [0.2, 0.25) is 10.0 Å². The Morgan fingerprint density at radius 3 is 2.44 bits per heavy atom. The molecule has 0 spiro atoms. The van der Waals surface area contributed by atoms with Gasteiger partial charge in [0.1, 0.15) is 28.8 Å². The van der Waals surface area contributed by atoms with Crippen molar-refractivity contribution in [3.05, 3.63) is 57.3 Å². The van der Waals surface area contributed by atoms with Gasteiger partial charge in [0.25, 0.3) is 15.9 Å². The van der Waals surface area contributed by atoms with Gasteiger partial charge in [0.15, 0.2) is 0 Å². The molecule has 0 aromatic heterocycles. The van der Waals surface area contributed by atoms with Crippen LogP contribution >= 0.6 is 23.2 Å². The maximum atomic E-state index is 13.8. The summed E-state index contributed by atoms with van der Waals surface area (Å²) in [6.07, 6.45) is 1.37. The summed E-state index contributed by atoms with van der Waals surface area (Å²) in [7, 11) is -2.10. The van der Waals surface area contributed by atoms with Crippen molar-refractivity contribution >= 4 is 51.1 Å². The quantitative estimate of drug-likeness (QED) is 0.630. The van der Waals surface area contributed by atoms with Crippen LogP contribution in [0.3, 0.4) is 0 Å². The summed E-state index contributed by atoms with van der Waals surface area (Å²) < 4.78 is 51.0. The second kappa shape index (κ2) is 9.35. The number of halogens is 3. The fraction of sp³-hybridized carbons (Fsp3) is 0.200. The van der Waals surface area contributed by atoms with Crippen LogP contribution in [0.15, 0.2) is 40.8 Å². The van der Waals surface area contributed by atoms with E-state index in [9.17, 15) is 22.4 Å². The number of carbonyl (C=O) groups is 2. The van der Waals surface area contributed by atoms with Gasteiger partial charge in [-0.25, -0.2) is 17.1 Å². The fourth-order valence-corrected chi connectivity index (χ4v) is 4.92. The number of sulfonamides is 1. The zero-order valence-electron chi connectivity index (χ0n) is 16.8. The maximum absolute atomic E-state index is 13.8.